The number of fused-ring (bicyclic) bond motifs is 6. The van der Waals surface area contributed by atoms with Crippen molar-refractivity contribution in [2.45, 2.75) is 30.5 Å². The van der Waals surface area contributed by atoms with Gasteiger partial charge in [-0.3, -0.25) is 5.32 Å². The molecule has 228 valence electrons. The lowest BCUT2D eigenvalue weighted by atomic mass is 9.65. The van der Waals surface area contributed by atoms with Crippen molar-refractivity contribution in [2.75, 3.05) is 5.32 Å². The summed E-state index contributed by atoms with van der Waals surface area (Å²) in [6.45, 7) is 8.40. The molecule has 1 aliphatic heterocycles. The van der Waals surface area contributed by atoms with Gasteiger partial charge in [-0.25, -0.2) is 0 Å². The summed E-state index contributed by atoms with van der Waals surface area (Å²) in [5.41, 5.74) is 11.8. The first-order valence-corrected chi connectivity index (χ1v) is 16.5. The molecule has 2 nitrogen and oxygen atoms in total. The third kappa shape index (κ3) is 5.21. The van der Waals surface area contributed by atoms with Crippen LogP contribution in [-0.4, -0.2) is 0 Å². The topological polar surface area (TPSA) is 24.1 Å². The monoisotopic (exact) mass is 606 g/mol. The van der Waals surface area contributed by atoms with Crippen LogP contribution in [0.25, 0.3) is 10.8 Å². The third-order valence-electron chi connectivity index (χ3n) is 9.95. The van der Waals surface area contributed by atoms with Crippen LogP contribution in [-0.2, 0) is 11.8 Å². The Bertz CT molecular complexity index is 2150. The van der Waals surface area contributed by atoms with Crippen molar-refractivity contribution in [3.8, 4) is 0 Å². The van der Waals surface area contributed by atoms with Crippen molar-refractivity contribution < 1.29 is 0 Å². The molecule has 0 saturated carbocycles. The Labute approximate surface area is 277 Å². The Balaban J connectivity index is 1.26. The molecule has 47 heavy (non-hydrogen) atoms. The van der Waals surface area contributed by atoms with Crippen molar-refractivity contribution >= 4 is 16.5 Å². The van der Waals surface area contributed by atoms with Gasteiger partial charge in [-0.2, -0.15) is 0 Å². The number of nitrogens with one attached hydrogen (secondary N) is 2. The molecule has 8 rings (SSSR count). The van der Waals surface area contributed by atoms with E-state index in [1.54, 1.807) is 0 Å². The number of benzene rings is 5. The van der Waals surface area contributed by atoms with E-state index in [0.717, 1.165) is 29.7 Å². The van der Waals surface area contributed by atoms with Gasteiger partial charge in [-0.05, 0) is 79.8 Å². The fourth-order valence-corrected chi connectivity index (χ4v) is 7.56. The van der Waals surface area contributed by atoms with E-state index < -0.39 is 5.41 Å². The van der Waals surface area contributed by atoms with Crippen LogP contribution < -0.4 is 10.6 Å². The van der Waals surface area contributed by atoms with Crippen molar-refractivity contribution in [1.82, 2.24) is 5.32 Å². The molecule has 0 fully saturated rings. The summed E-state index contributed by atoms with van der Waals surface area (Å²) in [6.07, 6.45) is 19.3. The van der Waals surface area contributed by atoms with Crippen LogP contribution in [0.1, 0.15) is 57.6 Å². The predicted octanol–water partition coefficient (Wildman–Crippen LogP) is 10.6. The summed E-state index contributed by atoms with van der Waals surface area (Å²) >= 11 is 0. The van der Waals surface area contributed by atoms with Crippen molar-refractivity contribution in [2.24, 2.45) is 0 Å². The van der Waals surface area contributed by atoms with E-state index in [1.165, 1.54) is 49.7 Å². The molecular weight excluding hydrogens is 569 g/mol. The molecule has 0 aromatic heterocycles. The maximum atomic E-state index is 4.22. The van der Waals surface area contributed by atoms with Crippen LogP contribution in [0.3, 0.4) is 0 Å². The molecule has 3 atom stereocenters. The zero-order valence-electron chi connectivity index (χ0n) is 26.5. The third-order valence-corrected chi connectivity index (χ3v) is 9.95. The molecule has 3 aliphatic rings. The van der Waals surface area contributed by atoms with Crippen LogP contribution in [0, 0.1) is 0 Å². The second kappa shape index (κ2) is 12.1. The average Bonchev–Trinajstić information content (AvgIpc) is 3.11. The zero-order chi connectivity index (χ0) is 31.8. The van der Waals surface area contributed by atoms with Crippen molar-refractivity contribution in [3.05, 3.63) is 221 Å². The molecule has 5 aromatic rings. The summed E-state index contributed by atoms with van der Waals surface area (Å²) in [5, 5.41) is 10.4. The molecule has 0 radical (unpaired) electrons. The van der Waals surface area contributed by atoms with E-state index in [2.05, 4.69) is 182 Å². The fourth-order valence-electron chi connectivity index (χ4n) is 7.56. The lowest BCUT2D eigenvalue weighted by Gasteiger charge is -2.39. The Morgan fingerprint density at radius 1 is 0.638 bits per heavy atom. The first-order chi connectivity index (χ1) is 23.1. The van der Waals surface area contributed by atoms with Gasteiger partial charge < -0.3 is 5.32 Å². The van der Waals surface area contributed by atoms with Crippen LogP contribution >= 0.6 is 0 Å². The Hall–Kier alpha value is -5.44. The van der Waals surface area contributed by atoms with Crippen molar-refractivity contribution in [1.29, 1.82) is 0 Å². The summed E-state index contributed by atoms with van der Waals surface area (Å²) in [7, 11) is 0. The molecular formula is C45H38N2. The highest BCUT2D eigenvalue weighted by molar-refractivity contribution is 5.87. The first kappa shape index (κ1) is 29.0. The normalized spacial score (nSPS) is 23.1. The van der Waals surface area contributed by atoms with Gasteiger partial charge in [0.15, 0.2) is 0 Å². The van der Waals surface area contributed by atoms with Gasteiger partial charge in [0.1, 0.15) is 6.17 Å². The minimum atomic E-state index is -0.419. The maximum Gasteiger partial charge on any atom is 0.104 e. The lowest BCUT2D eigenvalue weighted by molar-refractivity contribution is 0.507. The molecule has 2 aliphatic carbocycles. The number of rotatable bonds is 2. The molecule has 1 spiro atoms. The minimum Gasteiger partial charge on any atom is -0.366 e. The molecule has 0 amide bonds. The highest BCUT2D eigenvalue weighted by Gasteiger charge is 2.37. The van der Waals surface area contributed by atoms with Gasteiger partial charge in [0.25, 0.3) is 0 Å². The molecule has 5 aromatic carbocycles. The van der Waals surface area contributed by atoms with Gasteiger partial charge in [0, 0.05) is 5.69 Å². The molecule has 0 saturated heterocycles. The second-order valence-corrected chi connectivity index (χ2v) is 12.8. The molecule has 2 heteroatoms. The van der Waals surface area contributed by atoms with E-state index in [0.29, 0.717) is 0 Å². The van der Waals surface area contributed by atoms with Gasteiger partial charge in [-0.1, -0.05) is 165 Å². The largest absolute Gasteiger partial charge is 0.366 e. The summed E-state index contributed by atoms with van der Waals surface area (Å²) < 4.78 is 0. The van der Waals surface area contributed by atoms with Crippen LogP contribution in [0.2, 0.25) is 0 Å². The highest BCUT2D eigenvalue weighted by Crippen LogP contribution is 2.46. The maximum absolute atomic E-state index is 4.22. The first-order valence-electron chi connectivity index (χ1n) is 16.5. The van der Waals surface area contributed by atoms with Crippen LogP contribution in [0.15, 0.2) is 182 Å². The summed E-state index contributed by atoms with van der Waals surface area (Å²) in [5.74, 6) is 0. The Morgan fingerprint density at radius 2 is 1.40 bits per heavy atom. The van der Waals surface area contributed by atoms with Gasteiger partial charge in [-0.15, -0.1) is 0 Å². The number of hydrogen-bond acceptors (Lipinski definition) is 2. The molecule has 3 unspecified atom stereocenters. The van der Waals surface area contributed by atoms with Crippen molar-refractivity contribution in [3.63, 3.8) is 0 Å². The Kier molecular flexibility index (Phi) is 7.44. The van der Waals surface area contributed by atoms with Gasteiger partial charge >= 0.3 is 0 Å². The highest BCUT2D eigenvalue weighted by atomic mass is 15.2. The zero-order valence-corrected chi connectivity index (χ0v) is 26.5. The number of hydrogen-bond donors (Lipinski definition) is 2. The quantitative estimate of drug-likeness (QED) is 0.195. The van der Waals surface area contributed by atoms with E-state index in [1.807, 2.05) is 0 Å². The van der Waals surface area contributed by atoms with E-state index in [9.17, 15) is 0 Å². The number of allylic oxidation sites excluding steroid dienone is 10. The second-order valence-electron chi connectivity index (χ2n) is 12.8. The molecule has 1 heterocycles. The lowest BCUT2D eigenvalue weighted by Crippen LogP contribution is -2.38. The predicted molar refractivity (Wildman–Crippen MR) is 198 cm³/mol. The number of anilines is 1. The minimum absolute atomic E-state index is 0.0372. The smallest absolute Gasteiger partial charge is 0.104 e. The van der Waals surface area contributed by atoms with Gasteiger partial charge in [0.05, 0.1) is 11.5 Å². The van der Waals surface area contributed by atoms with Gasteiger partial charge in [0.2, 0.25) is 0 Å². The standard InChI is InChI=1S/C45H38N2/c1-31-15-4-3-12-27-45(28-13-11-16-32(31)2)40-23-9-6-18-34(40)29-35-25-26-36(30-41(35)45)44-46-42-24-10-8-21-39(42)43(47-44)38-22-14-19-33-17-5-7-20-37(33)38/h4-28,30,43-44,46-47H,1-3,29H2/b15-4-,16-11-,27-12?,28-13?. The van der Waals surface area contributed by atoms with E-state index >= 15 is 0 Å². The van der Waals surface area contributed by atoms with Crippen LogP contribution in [0.4, 0.5) is 5.69 Å². The molecule has 2 N–H and O–H groups in total. The van der Waals surface area contributed by atoms with E-state index in [-0.39, 0.29) is 12.2 Å². The number of para-hydroxylation sites is 1. The van der Waals surface area contributed by atoms with Crippen LogP contribution in [0.5, 0.6) is 0 Å². The summed E-state index contributed by atoms with van der Waals surface area (Å²) in [4.78, 5) is 0. The summed E-state index contributed by atoms with van der Waals surface area (Å²) in [6, 6.07) is 40.1. The molecule has 0 bridgehead atoms. The Morgan fingerprint density at radius 3 is 2.36 bits per heavy atom. The fraction of sp³-hybridized carbons (Fsp3) is 0.111. The average molecular weight is 607 g/mol. The SMILES string of the molecule is C=C1/C=C\C=CC2(C=CC/C=C\C1=C)c1ccccc1Cc1ccc(C3Nc4ccccc4C(c4cccc5ccccc45)N3)cc12. The van der Waals surface area contributed by atoms with E-state index in [4.69, 9.17) is 0 Å².